The lowest BCUT2D eigenvalue weighted by Gasteiger charge is -2.29. The van der Waals surface area contributed by atoms with E-state index < -0.39 is 0 Å². The van der Waals surface area contributed by atoms with Crippen LogP contribution in [0.25, 0.3) is 44.7 Å². The summed E-state index contributed by atoms with van der Waals surface area (Å²) in [5.41, 5.74) is 15.2. The van der Waals surface area contributed by atoms with Gasteiger partial charge in [-0.2, -0.15) is 0 Å². The Morgan fingerprint density at radius 1 is 0.604 bits per heavy atom. The number of hydrogen-bond acceptors (Lipinski definition) is 4. The zero-order valence-electron chi connectivity index (χ0n) is 26.8. The number of aromatic nitrogens is 2. The lowest BCUT2D eigenvalue weighted by molar-refractivity contribution is 0.684. The Bertz CT molecular complexity index is 2300. The van der Waals surface area contributed by atoms with Gasteiger partial charge in [-0.05, 0) is 82.4 Å². The monoisotopic (exact) mass is 732 g/mol. The topological polar surface area (TPSA) is 41.4 Å². The fourth-order valence-electron chi connectivity index (χ4n) is 6.92. The Kier molecular flexibility index (Phi) is 7.85. The first-order valence-electron chi connectivity index (χ1n) is 16.1. The highest BCUT2D eigenvalue weighted by atomic mass is 127. The highest BCUT2D eigenvalue weighted by Gasteiger charge is 2.39. The molecule has 0 spiro atoms. The first kappa shape index (κ1) is 30.2. The lowest BCUT2D eigenvalue weighted by Crippen LogP contribution is -2.23. The molecule has 1 atom stereocenters. The number of anilines is 3. The summed E-state index contributed by atoms with van der Waals surface area (Å²) >= 11 is 2.56. The van der Waals surface area contributed by atoms with Crippen LogP contribution < -0.4 is 4.90 Å². The fourth-order valence-corrected chi connectivity index (χ4v) is 7.74. The van der Waals surface area contributed by atoms with Crippen LogP contribution in [0.4, 0.5) is 17.1 Å². The third-order valence-corrected chi connectivity index (χ3v) is 10.9. The van der Waals surface area contributed by atoms with E-state index in [2.05, 4.69) is 155 Å². The van der Waals surface area contributed by atoms with Gasteiger partial charge in [0.1, 0.15) is 0 Å². The molecule has 5 heteroatoms. The van der Waals surface area contributed by atoms with E-state index in [1.165, 1.54) is 22.3 Å². The summed E-state index contributed by atoms with van der Waals surface area (Å²) in [7, 11) is 1.80. The standard InChI is InChI=1S/C43H33IN4/c1-43(28-44)37-25-31(42-41(30-11-5-3-6-12-30)46-39-15-9-10-16-40(39)47-42)19-23-35(37)36-24-22-34(26-38(36)43)48(32-13-7-4-8-14-32)33-20-17-29(18-21-33)27-45-2/h3-27H,28H2,1-2H3. The van der Waals surface area contributed by atoms with E-state index in [0.29, 0.717) is 0 Å². The molecule has 0 fully saturated rings. The molecule has 0 radical (unpaired) electrons. The van der Waals surface area contributed by atoms with Gasteiger partial charge >= 0.3 is 0 Å². The average molecular weight is 733 g/mol. The van der Waals surface area contributed by atoms with Crippen molar-refractivity contribution in [3.05, 3.63) is 162 Å². The fraction of sp³-hybridized carbons (Fsp3) is 0.0930. The zero-order valence-corrected chi connectivity index (χ0v) is 29.0. The summed E-state index contributed by atoms with van der Waals surface area (Å²) in [5, 5.41) is 0. The summed E-state index contributed by atoms with van der Waals surface area (Å²) in [6.07, 6.45) is 1.88. The summed E-state index contributed by atoms with van der Waals surface area (Å²) in [5.74, 6) is 0. The number of fused-ring (bicyclic) bond motifs is 4. The minimum Gasteiger partial charge on any atom is -0.310 e. The molecule has 6 aromatic carbocycles. The largest absolute Gasteiger partial charge is 0.310 e. The van der Waals surface area contributed by atoms with Crippen LogP contribution in [0, 0.1) is 0 Å². The predicted molar refractivity (Wildman–Crippen MR) is 209 cm³/mol. The minimum atomic E-state index is -0.196. The van der Waals surface area contributed by atoms with Crippen molar-refractivity contribution in [1.82, 2.24) is 9.97 Å². The summed E-state index contributed by atoms with van der Waals surface area (Å²) in [6, 6.07) is 51.5. The van der Waals surface area contributed by atoms with Crippen LogP contribution in [0.15, 0.2) is 151 Å². The van der Waals surface area contributed by atoms with Crippen molar-refractivity contribution in [2.45, 2.75) is 12.3 Å². The van der Waals surface area contributed by atoms with Gasteiger partial charge in [-0.1, -0.05) is 121 Å². The minimum absolute atomic E-state index is 0.196. The van der Waals surface area contributed by atoms with E-state index >= 15 is 0 Å². The second-order valence-corrected chi connectivity index (χ2v) is 13.1. The van der Waals surface area contributed by atoms with Gasteiger partial charge in [0.05, 0.1) is 22.4 Å². The highest BCUT2D eigenvalue weighted by Crippen LogP contribution is 2.52. The van der Waals surface area contributed by atoms with E-state index in [0.717, 1.165) is 60.6 Å². The molecule has 1 aliphatic carbocycles. The normalized spacial score (nSPS) is 15.1. The number of hydrogen-bond donors (Lipinski definition) is 0. The molecule has 1 aliphatic rings. The molecule has 0 saturated heterocycles. The van der Waals surface area contributed by atoms with Crippen LogP contribution in [-0.2, 0) is 5.41 Å². The van der Waals surface area contributed by atoms with Gasteiger partial charge in [-0.25, -0.2) is 9.97 Å². The second-order valence-electron chi connectivity index (χ2n) is 12.4. The van der Waals surface area contributed by atoms with Crippen molar-refractivity contribution < 1.29 is 0 Å². The maximum atomic E-state index is 5.21. The molecule has 0 N–H and O–H groups in total. The van der Waals surface area contributed by atoms with Gasteiger partial charge in [0.2, 0.25) is 0 Å². The molecule has 0 amide bonds. The van der Waals surface area contributed by atoms with E-state index in [-0.39, 0.29) is 5.41 Å². The van der Waals surface area contributed by atoms with Crippen LogP contribution in [0.5, 0.6) is 0 Å². The molecule has 0 bridgehead atoms. The molecular weight excluding hydrogens is 699 g/mol. The lowest BCUT2D eigenvalue weighted by atomic mass is 9.81. The van der Waals surface area contributed by atoms with Crippen LogP contribution in [0.3, 0.4) is 0 Å². The SMILES string of the molecule is CN=Cc1ccc(N(c2ccccc2)c2ccc3c(c2)C(C)(CI)c2cc(-c4nc5ccccc5nc4-c4ccccc4)ccc2-3)cc1. The van der Waals surface area contributed by atoms with E-state index in [9.17, 15) is 0 Å². The van der Waals surface area contributed by atoms with Crippen molar-refractivity contribution in [2.75, 3.05) is 16.4 Å². The zero-order chi connectivity index (χ0) is 32.7. The van der Waals surface area contributed by atoms with Gasteiger partial charge < -0.3 is 4.90 Å². The number of nitrogens with zero attached hydrogens (tertiary/aromatic N) is 4. The molecule has 1 aromatic heterocycles. The average Bonchev–Trinajstić information content (AvgIpc) is 3.40. The number of halogens is 1. The molecule has 48 heavy (non-hydrogen) atoms. The summed E-state index contributed by atoms with van der Waals surface area (Å²) in [4.78, 5) is 16.9. The molecular formula is C43H33IN4. The first-order valence-corrected chi connectivity index (χ1v) is 17.7. The van der Waals surface area contributed by atoms with Gasteiger partial charge in [-0.3, -0.25) is 4.99 Å². The quantitative estimate of drug-likeness (QED) is 0.0931. The Morgan fingerprint density at radius 3 is 1.79 bits per heavy atom. The molecule has 1 heterocycles. The number of aliphatic imine (C=N–C) groups is 1. The number of rotatable bonds is 7. The first-order chi connectivity index (χ1) is 23.6. The van der Waals surface area contributed by atoms with Crippen molar-refractivity contribution in [3.63, 3.8) is 0 Å². The molecule has 0 saturated carbocycles. The molecule has 1 unspecified atom stereocenters. The molecule has 232 valence electrons. The van der Waals surface area contributed by atoms with Crippen molar-refractivity contribution in [1.29, 1.82) is 0 Å². The summed E-state index contributed by atoms with van der Waals surface area (Å²) in [6.45, 7) is 2.38. The predicted octanol–water partition coefficient (Wildman–Crippen LogP) is 11.2. The third kappa shape index (κ3) is 5.19. The highest BCUT2D eigenvalue weighted by molar-refractivity contribution is 14.1. The van der Waals surface area contributed by atoms with Crippen molar-refractivity contribution in [3.8, 4) is 33.6 Å². The van der Waals surface area contributed by atoms with Crippen LogP contribution in [0.1, 0.15) is 23.6 Å². The van der Waals surface area contributed by atoms with Gasteiger partial charge in [0.15, 0.2) is 0 Å². The van der Waals surface area contributed by atoms with Gasteiger partial charge in [0, 0.05) is 51.3 Å². The van der Waals surface area contributed by atoms with E-state index in [4.69, 9.17) is 9.97 Å². The van der Waals surface area contributed by atoms with Crippen molar-refractivity contribution in [2.24, 2.45) is 4.99 Å². The molecule has 8 rings (SSSR count). The Labute approximate surface area is 295 Å². The van der Waals surface area contributed by atoms with Gasteiger partial charge in [-0.15, -0.1) is 0 Å². The number of alkyl halides is 1. The van der Waals surface area contributed by atoms with Crippen molar-refractivity contribution >= 4 is 56.9 Å². The summed E-state index contributed by atoms with van der Waals surface area (Å²) < 4.78 is 0.934. The maximum Gasteiger partial charge on any atom is 0.0973 e. The van der Waals surface area contributed by atoms with Crippen LogP contribution >= 0.6 is 22.6 Å². The molecule has 7 aromatic rings. The molecule has 0 aliphatic heterocycles. The Balaban J connectivity index is 1.26. The number of para-hydroxylation sites is 3. The Hall–Kier alpha value is -5.14. The maximum absolute atomic E-state index is 5.21. The van der Waals surface area contributed by atoms with E-state index in [1.807, 2.05) is 36.5 Å². The number of benzene rings is 6. The second kappa shape index (κ2) is 12.5. The van der Waals surface area contributed by atoms with Gasteiger partial charge in [0.25, 0.3) is 0 Å². The smallest absolute Gasteiger partial charge is 0.0973 e. The molecule has 4 nitrogen and oxygen atoms in total. The van der Waals surface area contributed by atoms with Crippen LogP contribution in [0.2, 0.25) is 0 Å². The Morgan fingerprint density at radius 2 is 1.15 bits per heavy atom. The third-order valence-electron chi connectivity index (χ3n) is 9.36. The van der Waals surface area contributed by atoms with E-state index in [1.54, 1.807) is 7.05 Å². The van der Waals surface area contributed by atoms with Crippen LogP contribution in [-0.4, -0.2) is 27.7 Å².